The van der Waals surface area contributed by atoms with Crippen molar-refractivity contribution >= 4 is 11.7 Å². The summed E-state index contributed by atoms with van der Waals surface area (Å²) in [4.78, 5) is 22.9. The predicted octanol–water partition coefficient (Wildman–Crippen LogP) is 4.22. The molecule has 0 amide bonds. The molecule has 0 spiro atoms. The number of nitro benzene ring substituents is 1. The number of aliphatic hydroxyl groups excluding tert-OH is 1. The van der Waals surface area contributed by atoms with Crippen molar-refractivity contribution in [2.24, 2.45) is 0 Å². The van der Waals surface area contributed by atoms with Gasteiger partial charge in [0.15, 0.2) is 0 Å². The van der Waals surface area contributed by atoms with Crippen LogP contribution < -0.4 is 4.74 Å². The summed E-state index contributed by atoms with van der Waals surface area (Å²) in [7, 11) is 0. The van der Waals surface area contributed by atoms with Gasteiger partial charge in [-0.15, -0.1) is 0 Å². The lowest BCUT2D eigenvalue weighted by molar-refractivity contribution is -0.386. The Labute approximate surface area is 151 Å². The average molecular weight is 355 g/mol. The second kappa shape index (κ2) is 7.93. The maximum absolute atomic E-state index is 12.4. The third kappa shape index (κ3) is 4.15. The number of ether oxygens (including phenoxy) is 1. The third-order valence-electron chi connectivity index (χ3n) is 4.01. The Morgan fingerprint density at radius 2 is 1.85 bits per heavy atom. The molecular weight excluding hydrogens is 334 g/mol. The number of rotatable bonds is 6. The van der Waals surface area contributed by atoms with Gasteiger partial charge in [-0.3, -0.25) is 10.1 Å². The zero-order valence-corrected chi connectivity index (χ0v) is 14.9. The van der Waals surface area contributed by atoms with Crippen molar-refractivity contribution in [3.63, 3.8) is 0 Å². The van der Waals surface area contributed by atoms with E-state index in [-0.39, 0.29) is 22.7 Å². The molecule has 0 heterocycles. The number of nitro groups is 1. The zero-order chi connectivity index (χ0) is 19.4. The van der Waals surface area contributed by atoms with E-state index >= 15 is 0 Å². The van der Waals surface area contributed by atoms with Crippen LogP contribution in [-0.2, 0) is 4.79 Å². The molecule has 6 nitrogen and oxygen atoms in total. The highest BCUT2D eigenvalue weighted by molar-refractivity contribution is 5.91. The van der Waals surface area contributed by atoms with Gasteiger partial charge in [0.05, 0.1) is 16.1 Å². The maximum atomic E-state index is 12.4. The number of benzene rings is 2. The first-order chi connectivity index (χ1) is 12.2. The molecule has 0 saturated carbocycles. The number of esters is 1. The van der Waals surface area contributed by atoms with E-state index in [2.05, 4.69) is 6.58 Å². The van der Waals surface area contributed by atoms with Crippen molar-refractivity contribution in [2.45, 2.75) is 32.8 Å². The Balaban J connectivity index is 2.27. The molecule has 0 saturated heterocycles. The van der Waals surface area contributed by atoms with Gasteiger partial charge in [0.2, 0.25) is 0 Å². The van der Waals surface area contributed by atoms with E-state index in [9.17, 15) is 20.0 Å². The Kier molecular flexibility index (Phi) is 5.90. The second-order valence-electron chi connectivity index (χ2n) is 6.33. The van der Waals surface area contributed by atoms with Gasteiger partial charge < -0.3 is 9.84 Å². The Morgan fingerprint density at radius 3 is 2.46 bits per heavy atom. The lowest BCUT2D eigenvalue weighted by atomic mass is 10.00. The number of carbonyl (C=O) groups is 1. The molecule has 26 heavy (non-hydrogen) atoms. The highest BCUT2D eigenvalue weighted by Crippen LogP contribution is 2.32. The number of hydrogen-bond acceptors (Lipinski definition) is 5. The smallest absolute Gasteiger partial charge is 0.341 e. The van der Waals surface area contributed by atoms with Crippen LogP contribution in [0.2, 0.25) is 0 Å². The van der Waals surface area contributed by atoms with Crippen molar-refractivity contribution in [3.8, 4) is 5.75 Å². The minimum atomic E-state index is -1.53. The molecule has 0 aromatic heterocycles. The molecule has 6 heteroatoms. The molecule has 1 N–H and O–H groups in total. The lowest BCUT2D eigenvalue weighted by Gasteiger charge is -2.16. The summed E-state index contributed by atoms with van der Waals surface area (Å²) in [5.41, 5.74) is 1.20. The Bertz CT molecular complexity index is 857. The molecular formula is C20H21NO5. The highest BCUT2D eigenvalue weighted by atomic mass is 16.6. The van der Waals surface area contributed by atoms with Gasteiger partial charge in [0, 0.05) is 6.07 Å². The van der Waals surface area contributed by atoms with Gasteiger partial charge in [0.1, 0.15) is 11.9 Å². The first kappa shape index (κ1) is 19.3. The van der Waals surface area contributed by atoms with Crippen LogP contribution in [0.25, 0.3) is 0 Å². The fourth-order valence-electron chi connectivity index (χ4n) is 2.56. The molecule has 136 valence electrons. The van der Waals surface area contributed by atoms with Crippen LogP contribution in [0, 0.1) is 17.0 Å². The fourth-order valence-corrected chi connectivity index (χ4v) is 2.56. The van der Waals surface area contributed by atoms with Crippen molar-refractivity contribution in [1.82, 2.24) is 0 Å². The van der Waals surface area contributed by atoms with E-state index in [0.29, 0.717) is 5.75 Å². The van der Waals surface area contributed by atoms with Gasteiger partial charge >= 0.3 is 5.97 Å². The summed E-state index contributed by atoms with van der Waals surface area (Å²) >= 11 is 0. The standard InChI is InChI=1S/C20H21NO5/c1-12(2)15-10-9-13(3)11-18(15)26-20(23)14(4)19(22)16-7-5-6-8-17(16)21(24)25/h5-12,19,22H,4H2,1-3H3. The van der Waals surface area contributed by atoms with Crippen LogP contribution in [0.4, 0.5) is 5.69 Å². The monoisotopic (exact) mass is 355 g/mol. The van der Waals surface area contributed by atoms with Crippen molar-refractivity contribution < 1.29 is 19.6 Å². The number of para-hydroxylation sites is 1. The van der Waals surface area contributed by atoms with Gasteiger partial charge in [-0.05, 0) is 36.1 Å². The van der Waals surface area contributed by atoms with E-state index in [1.807, 2.05) is 32.9 Å². The summed E-state index contributed by atoms with van der Waals surface area (Å²) in [6.07, 6.45) is -1.53. The van der Waals surface area contributed by atoms with E-state index < -0.39 is 17.0 Å². The molecule has 0 bridgehead atoms. The minimum Gasteiger partial charge on any atom is -0.423 e. The summed E-state index contributed by atoms with van der Waals surface area (Å²) in [6.45, 7) is 9.39. The predicted molar refractivity (Wildman–Crippen MR) is 98.1 cm³/mol. The zero-order valence-electron chi connectivity index (χ0n) is 14.9. The van der Waals surface area contributed by atoms with Crippen LogP contribution in [-0.4, -0.2) is 16.0 Å². The van der Waals surface area contributed by atoms with Crippen molar-refractivity contribution in [1.29, 1.82) is 0 Å². The number of aliphatic hydroxyl groups is 1. The average Bonchev–Trinajstić information content (AvgIpc) is 2.60. The number of nitrogens with zero attached hydrogens (tertiary/aromatic N) is 1. The third-order valence-corrected chi connectivity index (χ3v) is 4.01. The van der Waals surface area contributed by atoms with Crippen LogP contribution >= 0.6 is 0 Å². The van der Waals surface area contributed by atoms with Gasteiger partial charge in [-0.2, -0.15) is 0 Å². The quantitative estimate of drug-likeness (QED) is 0.275. The topological polar surface area (TPSA) is 89.7 Å². The SMILES string of the molecule is C=C(C(=O)Oc1cc(C)ccc1C(C)C)C(O)c1ccccc1[N+](=O)[O-]. The van der Waals surface area contributed by atoms with E-state index in [4.69, 9.17) is 4.74 Å². The van der Waals surface area contributed by atoms with E-state index in [1.54, 1.807) is 12.1 Å². The molecule has 2 aromatic carbocycles. The van der Waals surface area contributed by atoms with Gasteiger partial charge in [-0.25, -0.2) is 4.79 Å². The van der Waals surface area contributed by atoms with Gasteiger partial charge in [-0.1, -0.05) is 44.7 Å². The largest absolute Gasteiger partial charge is 0.423 e. The van der Waals surface area contributed by atoms with Crippen LogP contribution in [0.15, 0.2) is 54.6 Å². The summed E-state index contributed by atoms with van der Waals surface area (Å²) < 4.78 is 5.42. The van der Waals surface area contributed by atoms with Gasteiger partial charge in [0.25, 0.3) is 5.69 Å². The summed E-state index contributed by atoms with van der Waals surface area (Å²) in [5.74, 6) is -0.309. The molecule has 0 aliphatic rings. The first-order valence-corrected chi connectivity index (χ1v) is 8.15. The van der Waals surface area contributed by atoms with Crippen LogP contribution in [0.1, 0.15) is 42.6 Å². The number of aryl methyl sites for hydroxylation is 1. The molecule has 1 atom stereocenters. The molecule has 0 fully saturated rings. The summed E-state index contributed by atoms with van der Waals surface area (Å²) in [5, 5.41) is 21.5. The maximum Gasteiger partial charge on any atom is 0.341 e. The molecule has 0 aliphatic carbocycles. The lowest BCUT2D eigenvalue weighted by Crippen LogP contribution is -2.18. The fraction of sp³-hybridized carbons (Fsp3) is 0.250. The molecule has 2 aromatic rings. The van der Waals surface area contributed by atoms with Crippen LogP contribution in [0.5, 0.6) is 5.75 Å². The minimum absolute atomic E-state index is 0.00669. The van der Waals surface area contributed by atoms with E-state index in [0.717, 1.165) is 11.1 Å². The second-order valence-corrected chi connectivity index (χ2v) is 6.33. The van der Waals surface area contributed by atoms with Crippen LogP contribution in [0.3, 0.4) is 0 Å². The molecule has 2 rings (SSSR count). The molecule has 1 unspecified atom stereocenters. The molecule has 0 aliphatic heterocycles. The number of carbonyl (C=O) groups excluding carboxylic acids is 1. The molecule has 0 radical (unpaired) electrons. The normalized spacial score (nSPS) is 11.9. The first-order valence-electron chi connectivity index (χ1n) is 8.15. The van der Waals surface area contributed by atoms with Crippen molar-refractivity contribution in [2.75, 3.05) is 0 Å². The van der Waals surface area contributed by atoms with E-state index in [1.165, 1.54) is 18.2 Å². The van der Waals surface area contributed by atoms with Crippen molar-refractivity contribution in [3.05, 3.63) is 81.4 Å². The summed E-state index contributed by atoms with van der Waals surface area (Å²) in [6, 6.07) is 11.2. The Hall–Kier alpha value is -2.99. The Morgan fingerprint density at radius 1 is 1.19 bits per heavy atom. The number of hydrogen-bond donors (Lipinski definition) is 1. The highest BCUT2D eigenvalue weighted by Gasteiger charge is 2.27.